The van der Waals surface area contributed by atoms with Crippen molar-refractivity contribution < 1.29 is 15.3 Å². The van der Waals surface area contributed by atoms with Crippen LogP contribution in [-0.2, 0) is 0 Å². The number of hydrogen-bond donors (Lipinski definition) is 3. The van der Waals surface area contributed by atoms with Crippen LogP contribution in [0.3, 0.4) is 0 Å². The van der Waals surface area contributed by atoms with Crippen LogP contribution < -0.4 is 0 Å². The third kappa shape index (κ3) is 3.78. The van der Waals surface area contributed by atoms with Crippen molar-refractivity contribution in [1.29, 1.82) is 0 Å². The molecule has 0 aromatic rings. The summed E-state index contributed by atoms with van der Waals surface area (Å²) in [6.07, 6.45) is 5.51. The predicted molar refractivity (Wildman–Crippen MR) is 93.9 cm³/mol. The van der Waals surface area contributed by atoms with Crippen molar-refractivity contribution in [2.75, 3.05) is 0 Å². The largest absolute Gasteiger partial charge is 0.392 e. The zero-order valence-electron chi connectivity index (χ0n) is 14.9. The van der Waals surface area contributed by atoms with Gasteiger partial charge < -0.3 is 15.3 Å². The molecule has 0 aromatic heterocycles. The van der Waals surface area contributed by atoms with Gasteiger partial charge in [0.1, 0.15) is 0 Å². The Morgan fingerprint density at radius 3 is 2.65 bits per heavy atom. The van der Waals surface area contributed by atoms with Crippen molar-refractivity contribution >= 4 is 0 Å². The van der Waals surface area contributed by atoms with Gasteiger partial charge in [-0.05, 0) is 64.9 Å². The summed E-state index contributed by atoms with van der Waals surface area (Å²) in [5, 5.41) is 32.5. The van der Waals surface area contributed by atoms with Gasteiger partial charge in [-0.25, -0.2) is 0 Å². The summed E-state index contributed by atoms with van der Waals surface area (Å²) < 4.78 is 0. The van der Waals surface area contributed by atoms with Gasteiger partial charge >= 0.3 is 0 Å². The Morgan fingerprint density at radius 1 is 1.39 bits per heavy atom. The van der Waals surface area contributed by atoms with Crippen molar-refractivity contribution in [2.24, 2.45) is 17.8 Å². The molecule has 23 heavy (non-hydrogen) atoms. The SMILES string of the molecule is C=C1C(O)CC(C(C)(O)CCC=C(C)C)C(O)C2C(C)=CCC12. The molecule has 0 aliphatic heterocycles. The van der Waals surface area contributed by atoms with E-state index in [0.29, 0.717) is 12.8 Å². The van der Waals surface area contributed by atoms with E-state index in [-0.39, 0.29) is 17.8 Å². The average molecular weight is 320 g/mol. The molecule has 1 fully saturated rings. The van der Waals surface area contributed by atoms with Crippen LogP contribution in [0.15, 0.2) is 35.5 Å². The van der Waals surface area contributed by atoms with Gasteiger partial charge in [0.25, 0.3) is 0 Å². The molecule has 3 heteroatoms. The molecule has 0 amide bonds. The predicted octanol–water partition coefficient (Wildman–Crippen LogP) is 3.36. The molecule has 2 aliphatic carbocycles. The molecule has 6 atom stereocenters. The Kier molecular flexibility index (Phi) is 5.55. The summed E-state index contributed by atoms with van der Waals surface area (Å²) in [4.78, 5) is 0. The summed E-state index contributed by atoms with van der Waals surface area (Å²) in [7, 11) is 0. The van der Waals surface area contributed by atoms with Crippen LogP contribution in [0.4, 0.5) is 0 Å². The highest BCUT2D eigenvalue weighted by Gasteiger charge is 2.48. The number of fused-ring (bicyclic) bond motifs is 1. The van der Waals surface area contributed by atoms with E-state index in [9.17, 15) is 15.3 Å². The molecule has 3 N–H and O–H groups in total. The maximum absolute atomic E-state index is 11.0. The van der Waals surface area contributed by atoms with E-state index < -0.39 is 17.8 Å². The molecule has 1 saturated carbocycles. The van der Waals surface area contributed by atoms with Gasteiger partial charge in [0.2, 0.25) is 0 Å². The van der Waals surface area contributed by atoms with E-state index in [2.05, 4.69) is 18.7 Å². The van der Waals surface area contributed by atoms with E-state index in [1.165, 1.54) is 5.57 Å². The highest BCUT2D eigenvalue weighted by atomic mass is 16.3. The fourth-order valence-corrected chi connectivity index (χ4v) is 4.29. The first-order valence-corrected chi connectivity index (χ1v) is 8.72. The van der Waals surface area contributed by atoms with Gasteiger partial charge in [-0.3, -0.25) is 0 Å². The lowest BCUT2D eigenvalue weighted by atomic mass is 9.74. The molecule has 3 nitrogen and oxygen atoms in total. The lowest BCUT2D eigenvalue weighted by molar-refractivity contribution is -0.0859. The van der Waals surface area contributed by atoms with Crippen LogP contribution in [0.5, 0.6) is 0 Å². The number of aliphatic hydroxyl groups excluding tert-OH is 2. The zero-order valence-corrected chi connectivity index (χ0v) is 14.9. The Hall–Kier alpha value is -0.900. The van der Waals surface area contributed by atoms with Crippen molar-refractivity contribution in [3.63, 3.8) is 0 Å². The van der Waals surface area contributed by atoms with Crippen LogP contribution in [0, 0.1) is 17.8 Å². The minimum atomic E-state index is -1.01. The number of hydrogen-bond acceptors (Lipinski definition) is 3. The maximum Gasteiger partial charge on any atom is 0.0755 e. The molecule has 0 aromatic carbocycles. The van der Waals surface area contributed by atoms with E-state index in [1.807, 2.05) is 20.8 Å². The van der Waals surface area contributed by atoms with Crippen molar-refractivity contribution in [3.8, 4) is 0 Å². The van der Waals surface area contributed by atoms with Gasteiger partial charge in [-0.1, -0.05) is 29.9 Å². The fraction of sp³-hybridized carbons (Fsp3) is 0.700. The monoisotopic (exact) mass is 320 g/mol. The first-order chi connectivity index (χ1) is 10.6. The highest BCUT2D eigenvalue weighted by molar-refractivity contribution is 5.27. The van der Waals surface area contributed by atoms with Crippen LogP contribution >= 0.6 is 0 Å². The number of allylic oxidation sites excluding steroid dienone is 3. The normalized spacial score (nSPS) is 36.7. The first kappa shape index (κ1) is 18.4. The molecule has 6 unspecified atom stereocenters. The molecule has 0 saturated heterocycles. The molecule has 2 aliphatic rings. The zero-order chi connectivity index (χ0) is 17.4. The lowest BCUT2D eigenvalue weighted by Crippen LogP contribution is -2.45. The van der Waals surface area contributed by atoms with Gasteiger partial charge in [0.15, 0.2) is 0 Å². The van der Waals surface area contributed by atoms with Gasteiger partial charge in [-0.15, -0.1) is 0 Å². The second kappa shape index (κ2) is 6.92. The molecule has 0 heterocycles. The number of aliphatic hydroxyl groups is 3. The summed E-state index contributed by atoms with van der Waals surface area (Å²) >= 11 is 0. The first-order valence-electron chi connectivity index (χ1n) is 8.72. The van der Waals surface area contributed by atoms with E-state index in [0.717, 1.165) is 24.0 Å². The Morgan fingerprint density at radius 2 is 2.04 bits per heavy atom. The number of rotatable bonds is 4. The van der Waals surface area contributed by atoms with Crippen molar-refractivity contribution in [1.82, 2.24) is 0 Å². The second-order valence-corrected chi connectivity index (χ2v) is 7.92. The Labute approximate surface area is 140 Å². The molecule has 130 valence electrons. The third-order valence-electron chi connectivity index (χ3n) is 5.82. The van der Waals surface area contributed by atoms with Gasteiger partial charge in [-0.2, -0.15) is 0 Å². The van der Waals surface area contributed by atoms with Gasteiger partial charge in [0.05, 0.1) is 17.8 Å². The molecular weight excluding hydrogens is 288 g/mol. The van der Waals surface area contributed by atoms with Gasteiger partial charge in [0, 0.05) is 11.8 Å². The summed E-state index contributed by atoms with van der Waals surface area (Å²) in [6, 6.07) is 0. The molecular formula is C20H32O3. The quantitative estimate of drug-likeness (QED) is 0.696. The fourth-order valence-electron chi connectivity index (χ4n) is 4.29. The van der Waals surface area contributed by atoms with Crippen LogP contribution in [-0.4, -0.2) is 33.1 Å². The molecule has 2 rings (SSSR count). The Bertz CT molecular complexity index is 511. The third-order valence-corrected chi connectivity index (χ3v) is 5.82. The van der Waals surface area contributed by atoms with Crippen molar-refractivity contribution in [2.45, 2.75) is 71.2 Å². The summed E-state index contributed by atoms with van der Waals surface area (Å²) in [6.45, 7) is 12.0. The second-order valence-electron chi connectivity index (χ2n) is 7.92. The molecule has 0 bridgehead atoms. The van der Waals surface area contributed by atoms with E-state index in [4.69, 9.17) is 0 Å². The van der Waals surface area contributed by atoms with E-state index >= 15 is 0 Å². The van der Waals surface area contributed by atoms with Crippen LogP contribution in [0.2, 0.25) is 0 Å². The van der Waals surface area contributed by atoms with E-state index in [1.54, 1.807) is 6.92 Å². The highest BCUT2D eigenvalue weighted by Crippen LogP contribution is 2.48. The smallest absolute Gasteiger partial charge is 0.0755 e. The minimum absolute atomic E-state index is 0.0282. The average Bonchev–Trinajstić information content (AvgIpc) is 2.79. The summed E-state index contributed by atoms with van der Waals surface area (Å²) in [5.41, 5.74) is 2.18. The maximum atomic E-state index is 11.0. The molecule has 0 radical (unpaired) electrons. The van der Waals surface area contributed by atoms with Crippen molar-refractivity contribution in [3.05, 3.63) is 35.5 Å². The van der Waals surface area contributed by atoms with Crippen LogP contribution in [0.25, 0.3) is 0 Å². The Balaban J connectivity index is 2.24. The molecule has 0 spiro atoms. The lowest BCUT2D eigenvalue weighted by Gasteiger charge is -2.38. The van der Waals surface area contributed by atoms with Crippen LogP contribution in [0.1, 0.15) is 53.4 Å². The summed E-state index contributed by atoms with van der Waals surface area (Å²) in [5.74, 6) is -0.283. The standard InChI is InChI=1S/C20H32O3/c1-12(2)7-6-10-20(5,23)16-11-17(21)14(4)15-9-8-13(3)18(15)19(16)22/h7-8,15-19,21-23H,4,6,9-11H2,1-3,5H3. The minimum Gasteiger partial charge on any atom is -0.392 e. The topological polar surface area (TPSA) is 60.7 Å².